The first-order valence-electron chi connectivity index (χ1n) is 5.79. The lowest BCUT2D eigenvalue weighted by Gasteiger charge is -2.06. The minimum absolute atomic E-state index is 0.154. The fourth-order valence-corrected chi connectivity index (χ4v) is 1.04. The summed E-state index contributed by atoms with van der Waals surface area (Å²) in [6, 6.07) is 0. The molecule has 18 heavy (non-hydrogen) atoms. The van der Waals surface area contributed by atoms with Crippen LogP contribution in [-0.2, 0) is 19.2 Å². The van der Waals surface area contributed by atoms with E-state index in [1.54, 1.807) is 0 Å². The van der Waals surface area contributed by atoms with Crippen molar-refractivity contribution < 1.29 is 19.2 Å². The summed E-state index contributed by atoms with van der Waals surface area (Å²) in [4.78, 5) is 43.8. The van der Waals surface area contributed by atoms with Crippen molar-refractivity contribution in [2.75, 3.05) is 19.6 Å². The molecule has 0 aliphatic carbocycles. The van der Waals surface area contributed by atoms with Gasteiger partial charge in [0, 0.05) is 26.6 Å². The second-order valence-electron chi connectivity index (χ2n) is 3.69. The van der Waals surface area contributed by atoms with Gasteiger partial charge in [-0.05, 0) is 6.42 Å². The number of Topliss-reactive ketones (excluding diaryl/α,β-unsaturated/α-hetero) is 1. The Hall–Kier alpha value is -1.92. The van der Waals surface area contributed by atoms with E-state index in [4.69, 9.17) is 0 Å². The number of ketones is 1. The Balaban J connectivity index is 3.62. The van der Waals surface area contributed by atoms with Crippen LogP contribution >= 0.6 is 0 Å². The van der Waals surface area contributed by atoms with Crippen LogP contribution < -0.4 is 16.0 Å². The zero-order valence-corrected chi connectivity index (χ0v) is 10.7. The predicted octanol–water partition coefficient (Wildman–Crippen LogP) is -1.28. The molecular weight excluding hydrogens is 238 g/mol. The first-order valence-corrected chi connectivity index (χ1v) is 5.79. The molecule has 0 bridgehead atoms. The Bertz CT molecular complexity index is 328. The maximum atomic E-state index is 11.2. The van der Waals surface area contributed by atoms with Crippen LogP contribution in [0, 0.1) is 0 Å². The molecule has 0 aliphatic rings. The van der Waals surface area contributed by atoms with Crippen molar-refractivity contribution in [2.24, 2.45) is 0 Å². The van der Waals surface area contributed by atoms with Crippen LogP contribution in [0.5, 0.6) is 0 Å². The highest BCUT2D eigenvalue weighted by atomic mass is 16.2. The third kappa shape index (κ3) is 8.26. The van der Waals surface area contributed by atoms with E-state index in [9.17, 15) is 19.2 Å². The molecule has 102 valence electrons. The van der Waals surface area contributed by atoms with Crippen molar-refractivity contribution in [3.05, 3.63) is 0 Å². The molecule has 0 aromatic rings. The molecule has 0 saturated carbocycles. The Morgan fingerprint density at radius 3 is 1.83 bits per heavy atom. The lowest BCUT2D eigenvalue weighted by molar-refractivity contribution is -0.136. The maximum Gasteiger partial charge on any atom is 0.287 e. The van der Waals surface area contributed by atoms with Gasteiger partial charge >= 0.3 is 0 Å². The molecule has 0 unspecified atom stereocenters. The number of carbonyl (C=O) groups is 4. The van der Waals surface area contributed by atoms with Gasteiger partial charge in [0.2, 0.25) is 17.6 Å². The Morgan fingerprint density at radius 2 is 1.33 bits per heavy atom. The Kier molecular flexibility index (Phi) is 8.17. The molecule has 0 atom stereocenters. The van der Waals surface area contributed by atoms with Gasteiger partial charge in [-0.15, -0.1) is 0 Å². The van der Waals surface area contributed by atoms with E-state index < -0.39 is 17.6 Å². The van der Waals surface area contributed by atoms with Crippen molar-refractivity contribution in [3.63, 3.8) is 0 Å². The lowest BCUT2D eigenvalue weighted by Crippen LogP contribution is -2.38. The van der Waals surface area contributed by atoms with Gasteiger partial charge in [-0.1, -0.05) is 6.92 Å². The van der Waals surface area contributed by atoms with Crippen LogP contribution in [0.1, 0.15) is 26.7 Å². The first-order chi connectivity index (χ1) is 8.47. The van der Waals surface area contributed by atoms with Crippen LogP contribution in [0.15, 0.2) is 0 Å². The summed E-state index contributed by atoms with van der Waals surface area (Å²) in [7, 11) is 0. The normalized spacial score (nSPS) is 9.44. The second-order valence-corrected chi connectivity index (χ2v) is 3.69. The summed E-state index contributed by atoms with van der Waals surface area (Å²) in [6.45, 7) is 3.95. The van der Waals surface area contributed by atoms with E-state index in [1.165, 1.54) is 0 Å². The predicted molar refractivity (Wildman–Crippen MR) is 64.6 cm³/mol. The molecule has 0 rings (SSSR count). The minimum atomic E-state index is -0.690. The minimum Gasteiger partial charge on any atom is -0.356 e. The third-order valence-electron chi connectivity index (χ3n) is 1.95. The summed E-state index contributed by atoms with van der Waals surface area (Å²) in [6.07, 6.45) is 0.574. The van der Waals surface area contributed by atoms with Crippen LogP contribution in [0.25, 0.3) is 0 Å². The van der Waals surface area contributed by atoms with Gasteiger partial charge in [0.15, 0.2) is 0 Å². The number of hydrogen-bond acceptors (Lipinski definition) is 4. The lowest BCUT2D eigenvalue weighted by atomic mass is 10.3. The van der Waals surface area contributed by atoms with Gasteiger partial charge in [-0.25, -0.2) is 0 Å². The maximum absolute atomic E-state index is 11.2. The van der Waals surface area contributed by atoms with Gasteiger partial charge in [0.1, 0.15) is 6.42 Å². The molecule has 3 N–H and O–H groups in total. The molecule has 0 aromatic heterocycles. The molecule has 0 aromatic carbocycles. The van der Waals surface area contributed by atoms with Crippen molar-refractivity contribution >= 4 is 23.5 Å². The fraction of sp³-hybridized carbons (Fsp3) is 0.636. The molecule has 0 fully saturated rings. The standard InChI is InChI=1S/C11H19N3O4/c1-3-4-12-9(16)7-10(17)13-5-6-14-11(18)8(2)15/h3-7H2,1-2H3,(H,12,16)(H,13,17)(H,14,18). The van der Waals surface area contributed by atoms with E-state index in [1.807, 2.05) is 6.92 Å². The van der Waals surface area contributed by atoms with Crippen LogP contribution in [0.2, 0.25) is 0 Å². The van der Waals surface area contributed by atoms with Crippen LogP contribution in [0.3, 0.4) is 0 Å². The van der Waals surface area contributed by atoms with Crippen LogP contribution in [-0.4, -0.2) is 43.1 Å². The summed E-state index contributed by atoms with van der Waals surface area (Å²) in [5, 5.41) is 7.35. The first kappa shape index (κ1) is 16.1. The van der Waals surface area contributed by atoms with Crippen molar-refractivity contribution in [1.29, 1.82) is 0 Å². The van der Waals surface area contributed by atoms with Gasteiger partial charge in [0.05, 0.1) is 0 Å². The Labute approximate surface area is 106 Å². The van der Waals surface area contributed by atoms with E-state index in [0.717, 1.165) is 13.3 Å². The molecule has 0 saturated heterocycles. The molecule has 0 heterocycles. The summed E-state index contributed by atoms with van der Waals surface area (Å²) in [5.41, 5.74) is 0. The quantitative estimate of drug-likeness (QED) is 0.286. The average Bonchev–Trinajstić information content (AvgIpc) is 2.31. The summed E-state index contributed by atoms with van der Waals surface area (Å²) >= 11 is 0. The number of carbonyl (C=O) groups excluding carboxylic acids is 4. The van der Waals surface area contributed by atoms with Gasteiger partial charge in [-0.3, -0.25) is 19.2 Å². The zero-order chi connectivity index (χ0) is 14.0. The largest absolute Gasteiger partial charge is 0.356 e. The van der Waals surface area contributed by atoms with E-state index in [2.05, 4.69) is 16.0 Å². The van der Waals surface area contributed by atoms with Gasteiger partial charge in [-0.2, -0.15) is 0 Å². The van der Waals surface area contributed by atoms with Gasteiger partial charge < -0.3 is 16.0 Å². The average molecular weight is 257 g/mol. The second kappa shape index (κ2) is 9.15. The number of rotatable bonds is 8. The monoisotopic (exact) mass is 257 g/mol. The van der Waals surface area contributed by atoms with Crippen molar-refractivity contribution in [3.8, 4) is 0 Å². The van der Waals surface area contributed by atoms with E-state index in [0.29, 0.717) is 6.54 Å². The van der Waals surface area contributed by atoms with Crippen molar-refractivity contribution in [2.45, 2.75) is 26.7 Å². The molecule has 0 aliphatic heterocycles. The van der Waals surface area contributed by atoms with Crippen LogP contribution in [0.4, 0.5) is 0 Å². The SMILES string of the molecule is CCCNC(=O)CC(=O)NCCNC(=O)C(C)=O. The molecule has 7 nitrogen and oxygen atoms in total. The molecule has 0 spiro atoms. The highest BCUT2D eigenvalue weighted by molar-refractivity contribution is 6.35. The smallest absolute Gasteiger partial charge is 0.287 e. The zero-order valence-electron chi connectivity index (χ0n) is 10.7. The third-order valence-corrected chi connectivity index (χ3v) is 1.95. The summed E-state index contributed by atoms with van der Waals surface area (Å²) < 4.78 is 0. The summed E-state index contributed by atoms with van der Waals surface area (Å²) in [5.74, 6) is -2.02. The number of hydrogen-bond donors (Lipinski definition) is 3. The fourth-order valence-electron chi connectivity index (χ4n) is 1.04. The van der Waals surface area contributed by atoms with Crippen molar-refractivity contribution in [1.82, 2.24) is 16.0 Å². The highest BCUT2D eigenvalue weighted by Crippen LogP contribution is 1.81. The number of nitrogens with one attached hydrogen (secondary N) is 3. The van der Waals surface area contributed by atoms with E-state index in [-0.39, 0.29) is 25.4 Å². The molecular formula is C11H19N3O4. The molecule has 7 heteroatoms. The van der Waals surface area contributed by atoms with E-state index >= 15 is 0 Å². The van der Waals surface area contributed by atoms with Gasteiger partial charge in [0.25, 0.3) is 5.91 Å². The topological polar surface area (TPSA) is 104 Å². The highest BCUT2D eigenvalue weighted by Gasteiger charge is 2.09. The molecule has 0 radical (unpaired) electrons. The molecule has 3 amide bonds. The Morgan fingerprint density at radius 1 is 0.833 bits per heavy atom. The number of amides is 3.